The molecule has 1 fully saturated rings. The van der Waals surface area contributed by atoms with Crippen molar-refractivity contribution in [2.24, 2.45) is 0 Å². The van der Waals surface area contributed by atoms with E-state index in [2.05, 4.69) is 10.1 Å². The molecule has 1 atom stereocenters. The van der Waals surface area contributed by atoms with Crippen molar-refractivity contribution in [3.8, 4) is 0 Å². The molecule has 0 bridgehead atoms. The second-order valence-electron chi connectivity index (χ2n) is 4.03. The molecule has 0 unspecified atom stereocenters. The van der Waals surface area contributed by atoms with Crippen molar-refractivity contribution in [1.29, 1.82) is 0 Å². The fourth-order valence-electron chi connectivity index (χ4n) is 2.03. The maximum atomic E-state index is 12.0. The molecule has 2 rings (SSSR count). The Kier molecular flexibility index (Phi) is 3.36. The van der Waals surface area contributed by atoms with Gasteiger partial charge in [0.2, 0.25) is 5.91 Å². The minimum atomic E-state index is -0.934. The van der Waals surface area contributed by atoms with Crippen molar-refractivity contribution in [3.05, 3.63) is 12.7 Å². The predicted octanol–water partition coefficient (Wildman–Crippen LogP) is -0.256. The lowest BCUT2D eigenvalue weighted by Crippen LogP contribution is -2.49. The van der Waals surface area contributed by atoms with Gasteiger partial charge in [-0.15, -0.1) is 0 Å². The molecule has 1 aliphatic heterocycles. The molecule has 1 aromatic heterocycles. The average molecular weight is 238 g/mol. The molecule has 0 spiro atoms. The lowest BCUT2D eigenvalue weighted by Gasteiger charge is -2.32. The van der Waals surface area contributed by atoms with Crippen LogP contribution in [-0.2, 0) is 16.1 Å². The minimum Gasteiger partial charge on any atom is -0.480 e. The van der Waals surface area contributed by atoms with E-state index < -0.39 is 12.0 Å². The van der Waals surface area contributed by atoms with Crippen LogP contribution >= 0.6 is 0 Å². The summed E-state index contributed by atoms with van der Waals surface area (Å²) in [6.45, 7) is 0.550. The second kappa shape index (κ2) is 4.94. The third-order valence-electron chi connectivity index (χ3n) is 2.87. The first-order valence-corrected chi connectivity index (χ1v) is 5.53. The molecule has 17 heavy (non-hydrogen) atoms. The van der Waals surface area contributed by atoms with Gasteiger partial charge in [0.05, 0.1) is 0 Å². The molecule has 7 nitrogen and oxygen atoms in total. The zero-order valence-corrected chi connectivity index (χ0v) is 9.32. The number of rotatable bonds is 3. The van der Waals surface area contributed by atoms with Crippen molar-refractivity contribution < 1.29 is 14.7 Å². The Morgan fingerprint density at radius 1 is 1.41 bits per heavy atom. The molecule has 0 saturated carbocycles. The largest absolute Gasteiger partial charge is 0.480 e. The van der Waals surface area contributed by atoms with Gasteiger partial charge in [0.15, 0.2) is 0 Å². The van der Waals surface area contributed by atoms with Crippen LogP contribution in [-0.4, -0.2) is 49.2 Å². The number of hydrogen-bond acceptors (Lipinski definition) is 4. The molecule has 92 valence electrons. The summed E-state index contributed by atoms with van der Waals surface area (Å²) in [5, 5.41) is 12.9. The van der Waals surface area contributed by atoms with Gasteiger partial charge in [-0.05, 0) is 19.3 Å². The second-order valence-corrected chi connectivity index (χ2v) is 4.03. The van der Waals surface area contributed by atoms with Crippen molar-refractivity contribution >= 4 is 11.9 Å². The van der Waals surface area contributed by atoms with Crippen LogP contribution in [0.4, 0.5) is 0 Å². The van der Waals surface area contributed by atoms with Crippen LogP contribution in [0, 0.1) is 0 Å². The van der Waals surface area contributed by atoms with Crippen LogP contribution in [0.15, 0.2) is 12.7 Å². The molecular weight excluding hydrogens is 224 g/mol. The van der Waals surface area contributed by atoms with Gasteiger partial charge < -0.3 is 10.0 Å². The first kappa shape index (κ1) is 11.6. The zero-order chi connectivity index (χ0) is 12.3. The zero-order valence-electron chi connectivity index (χ0n) is 9.32. The van der Waals surface area contributed by atoms with E-state index in [9.17, 15) is 9.59 Å². The van der Waals surface area contributed by atoms with E-state index >= 15 is 0 Å². The predicted molar refractivity (Wildman–Crippen MR) is 57.0 cm³/mol. The van der Waals surface area contributed by atoms with E-state index in [-0.39, 0.29) is 12.5 Å². The Balaban J connectivity index is 2.03. The average Bonchev–Trinajstić information content (AvgIpc) is 2.81. The van der Waals surface area contributed by atoms with Gasteiger partial charge in [0.25, 0.3) is 0 Å². The third kappa shape index (κ3) is 2.61. The molecule has 7 heteroatoms. The van der Waals surface area contributed by atoms with E-state index in [1.54, 1.807) is 0 Å². The molecule has 0 aliphatic carbocycles. The number of amides is 1. The highest BCUT2D eigenvalue weighted by atomic mass is 16.4. The summed E-state index contributed by atoms with van der Waals surface area (Å²) in [6.07, 6.45) is 5.02. The normalized spacial score (nSPS) is 20.2. The van der Waals surface area contributed by atoms with E-state index in [0.717, 1.165) is 12.8 Å². The molecule has 0 aromatic carbocycles. The monoisotopic (exact) mass is 238 g/mol. The van der Waals surface area contributed by atoms with Crippen LogP contribution < -0.4 is 0 Å². The van der Waals surface area contributed by atoms with Gasteiger partial charge in [0.1, 0.15) is 25.2 Å². The smallest absolute Gasteiger partial charge is 0.326 e. The number of piperidine rings is 1. The SMILES string of the molecule is O=C(O)[C@H]1CCCCN1C(=O)Cn1cncn1. The van der Waals surface area contributed by atoms with Crippen LogP contribution in [0.2, 0.25) is 0 Å². The summed E-state index contributed by atoms with van der Waals surface area (Å²) in [4.78, 5) is 28.2. The lowest BCUT2D eigenvalue weighted by atomic mass is 10.0. The quantitative estimate of drug-likeness (QED) is 0.784. The summed E-state index contributed by atoms with van der Waals surface area (Å²) in [7, 11) is 0. The van der Waals surface area contributed by atoms with Gasteiger partial charge in [-0.2, -0.15) is 5.10 Å². The third-order valence-corrected chi connectivity index (χ3v) is 2.87. The standard InChI is InChI=1S/C10H14N4O3/c15-9(5-13-7-11-6-12-13)14-4-2-1-3-8(14)10(16)17/h6-8H,1-5H2,(H,16,17)/t8-/m1/s1. The molecule has 1 N–H and O–H groups in total. The Labute approximate surface area is 98.0 Å². The van der Waals surface area contributed by atoms with E-state index in [0.29, 0.717) is 13.0 Å². The number of carboxylic acids is 1. The van der Waals surface area contributed by atoms with E-state index in [1.807, 2.05) is 0 Å². The number of carboxylic acid groups (broad SMARTS) is 1. The Bertz CT molecular complexity index is 404. The molecule has 1 amide bonds. The highest BCUT2D eigenvalue weighted by molar-refractivity contribution is 5.83. The number of aromatic nitrogens is 3. The van der Waals surface area contributed by atoms with Crippen molar-refractivity contribution in [2.75, 3.05) is 6.54 Å². The maximum Gasteiger partial charge on any atom is 0.326 e. The Morgan fingerprint density at radius 2 is 2.24 bits per heavy atom. The summed E-state index contributed by atoms with van der Waals surface area (Å²) in [6, 6.07) is -0.695. The summed E-state index contributed by atoms with van der Waals surface area (Å²) >= 11 is 0. The number of aliphatic carboxylic acids is 1. The van der Waals surface area contributed by atoms with Crippen LogP contribution in [0.1, 0.15) is 19.3 Å². The van der Waals surface area contributed by atoms with E-state index in [1.165, 1.54) is 22.2 Å². The van der Waals surface area contributed by atoms with Gasteiger partial charge in [-0.3, -0.25) is 4.79 Å². The first-order chi connectivity index (χ1) is 8.18. The fraction of sp³-hybridized carbons (Fsp3) is 0.600. The topological polar surface area (TPSA) is 88.3 Å². The van der Waals surface area contributed by atoms with Gasteiger partial charge >= 0.3 is 5.97 Å². The number of hydrogen-bond donors (Lipinski definition) is 1. The molecule has 2 heterocycles. The minimum absolute atomic E-state index is 0.0454. The maximum absolute atomic E-state index is 12.0. The van der Waals surface area contributed by atoms with Crippen LogP contribution in [0.3, 0.4) is 0 Å². The van der Waals surface area contributed by atoms with Crippen molar-refractivity contribution in [1.82, 2.24) is 19.7 Å². The van der Waals surface area contributed by atoms with E-state index in [4.69, 9.17) is 5.11 Å². The number of carbonyl (C=O) groups is 2. The fourth-order valence-corrected chi connectivity index (χ4v) is 2.03. The van der Waals surface area contributed by atoms with Gasteiger partial charge in [0, 0.05) is 6.54 Å². The number of likely N-dealkylation sites (tertiary alicyclic amines) is 1. The first-order valence-electron chi connectivity index (χ1n) is 5.53. The summed E-state index contributed by atoms with van der Waals surface area (Å²) in [5.74, 6) is -1.15. The highest BCUT2D eigenvalue weighted by Crippen LogP contribution is 2.17. The Morgan fingerprint density at radius 3 is 2.88 bits per heavy atom. The number of nitrogens with zero attached hydrogens (tertiary/aromatic N) is 4. The van der Waals surface area contributed by atoms with Crippen LogP contribution in [0.5, 0.6) is 0 Å². The van der Waals surface area contributed by atoms with Crippen molar-refractivity contribution in [2.45, 2.75) is 31.8 Å². The highest BCUT2D eigenvalue weighted by Gasteiger charge is 2.31. The van der Waals surface area contributed by atoms with Crippen LogP contribution in [0.25, 0.3) is 0 Å². The Hall–Kier alpha value is -1.92. The molecule has 0 radical (unpaired) electrons. The van der Waals surface area contributed by atoms with Gasteiger partial charge in [-0.1, -0.05) is 0 Å². The summed E-state index contributed by atoms with van der Waals surface area (Å²) < 4.78 is 1.40. The molecular formula is C10H14N4O3. The van der Waals surface area contributed by atoms with Gasteiger partial charge in [-0.25, -0.2) is 14.5 Å². The molecule has 1 aromatic rings. The lowest BCUT2D eigenvalue weighted by molar-refractivity contribution is -0.152. The number of carbonyl (C=O) groups excluding carboxylic acids is 1. The molecule has 1 saturated heterocycles. The molecule has 1 aliphatic rings. The van der Waals surface area contributed by atoms with Crippen molar-refractivity contribution in [3.63, 3.8) is 0 Å². The summed E-state index contributed by atoms with van der Waals surface area (Å²) in [5.41, 5.74) is 0.